The normalized spacial score (nSPS) is 26.6. The zero-order valence-electron chi connectivity index (χ0n) is 16.9. The van der Waals surface area contributed by atoms with E-state index in [2.05, 4.69) is 0 Å². The maximum absolute atomic E-state index is 14.7. The molecule has 2 aromatic carbocycles. The lowest BCUT2D eigenvalue weighted by Gasteiger charge is -2.44. The average Bonchev–Trinajstić information content (AvgIpc) is 2.75. The molecule has 0 saturated carbocycles. The molecule has 0 aromatic heterocycles. The van der Waals surface area contributed by atoms with E-state index in [4.69, 9.17) is 24.9 Å². The summed E-state index contributed by atoms with van der Waals surface area (Å²) in [6.07, 6.45) is -1.31. The summed E-state index contributed by atoms with van der Waals surface area (Å²) in [5.41, 5.74) is 6.52. The summed E-state index contributed by atoms with van der Waals surface area (Å²) in [7, 11) is 1.48. The molecule has 2 atom stereocenters. The van der Waals surface area contributed by atoms with Crippen LogP contribution in [-0.2, 0) is 15.0 Å². The van der Waals surface area contributed by atoms with Crippen LogP contribution in [0.5, 0.6) is 11.5 Å². The number of hydrogen-bond donors (Lipinski definition) is 1. The Bertz CT molecular complexity index is 1050. The molecule has 3 heterocycles. The van der Waals surface area contributed by atoms with Gasteiger partial charge in [-0.2, -0.15) is 0 Å². The van der Waals surface area contributed by atoms with E-state index in [1.807, 2.05) is 11.0 Å². The number of fused-ring (bicyclic) bond motifs is 4. The van der Waals surface area contributed by atoms with Crippen LogP contribution in [-0.4, -0.2) is 44.9 Å². The van der Waals surface area contributed by atoms with Crippen molar-refractivity contribution in [2.45, 2.75) is 30.6 Å². The van der Waals surface area contributed by atoms with E-state index in [0.29, 0.717) is 16.9 Å². The van der Waals surface area contributed by atoms with Gasteiger partial charge in [-0.05, 0) is 24.3 Å². The molecule has 2 aromatic rings. The number of ether oxygens (including phenoxy) is 3. The molecule has 31 heavy (non-hydrogen) atoms. The number of anilines is 1. The molecule has 0 amide bonds. The van der Waals surface area contributed by atoms with Gasteiger partial charge < -0.3 is 24.8 Å². The maximum atomic E-state index is 14.7. The van der Waals surface area contributed by atoms with Crippen LogP contribution in [0.3, 0.4) is 0 Å². The molecule has 5 rings (SSSR count). The van der Waals surface area contributed by atoms with Gasteiger partial charge >= 0.3 is 0 Å². The number of hydrogen-bond acceptors (Lipinski definition) is 6. The molecular weight excluding hydrogens is 411 g/mol. The second-order valence-corrected chi connectivity index (χ2v) is 7.99. The number of piperidine rings is 1. The Kier molecular flexibility index (Phi) is 4.63. The lowest BCUT2D eigenvalue weighted by molar-refractivity contribution is -0.155. The van der Waals surface area contributed by atoms with Gasteiger partial charge in [0.05, 0.1) is 0 Å². The van der Waals surface area contributed by atoms with Crippen LogP contribution < -0.4 is 15.4 Å². The van der Waals surface area contributed by atoms with Gasteiger partial charge in [-0.3, -0.25) is 0 Å². The predicted octanol–water partition coefficient (Wildman–Crippen LogP) is 3.77. The number of rotatable bonds is 2. The number of benzene rings is 2. The Morgan fingerprint density at radius 2 is 1.94 bits per heavy atom. The number of nitrogens with two attached hydrogens (primary N) is 1. The Hall–Kier alpha value is -2.78. The summed E-state index contributed by atoms with van der Waals surface area (Å²) in [4.78, 5) is 6.61. The van der Waals surface area contributed by atoms with Crippen molar-refractivity contribution in [1.29, 1.82) is 0 Å². The highest BCUT2D eigenvalue weighted by Gasteiger charge is 2.52. The SMILES string of the molecule is CO[C@H]1OCC(N)=NC12c1cc(N3CCC(F)(F)CC3)ccc1Oc1c(F)cccc12. The minimum atomic E-state index is -2.65. The van der Waals surface area contributed by atoms with Crippen molar-refractivity contribution in [2.75, 3.05) is 31.7 Å². The van der Waals surface area contributed by atoms with E-state index < -0.39 is 23.6 Å². The lowest BCUT2D eigenvalue weighted by atomic mass is 9.78. The highest BCUT2D eigenvalue weighted by atomic mass is 19.3. The molecule has 2 N–H and O–H groups in total. The number of aliphatic imine (C=N–C) groups is 1. The van der Waals surface area contributed by atoms with Crippen molar-refractivity contribution in [3.8, 4) is 11.5 Å². The van der Waals surface area contributed by atoms with Crippen molar-refractivity contribution in [3.05, 3.63) is 53.3 Å². The monoisotopic (exact) mass is 433 g/mol. The van der Waals surface area contributed by atoms with Gasteiger partial charge in [0.1, 0.15) is 18.2 Å². The third-order valence-corrected chi connectivity index (χ3v) is 6.08. The van der Waals surface area contributed by atoms with Crippen molar-refractivity contribution in [2.24, 2.45) is 10.7 Å². The topological polar surface area (TPSA) is 69.3 Å². The fourth-order valence-electron chi connectivity index (χ4n) is 4.57. The van der Waals surface area contributed by atoms with Crippen LogP contribution in [0, 0.1) is 5.82 Å². The molecule has 3 aliphatic rings. The Labute approximate surface area is 177 Å². The van der Waals surface area contributed by atoms with Gasteiger partial charge in [0, 0.05) is 49.9 Å². The van der Waals surface area contributed by atoms with E-state index in [9.17, 15) is 13.2 Å². The Morgan fingerprint density at radius 1 is 1.16 bits per heavy atom. The molecule has 0 radical (unpaired) electrons. The largest absolute Gasteiger partial charge is 0.453 e. The van der Waals surface area contributed by atoms with E-state index >= 15 is 0 Å². The second kappa shape index (κ2) is 7.13. The van der Waals surface area contributed by atoms with Crippen LogP contribution in [0.1, 0.15) is 24.0 Å². The minimum absolute atomic E-state index is 0.0319. The van der Waals surface area contributed by atoms with Crippen molar-refractivity contribution >= 4 is 11.5 Å². The smallest absolute Gasteiger partial charge is 0.251 e. The molecule has 6 nitrogen and oxygen atoms in total. The predicted molar refractivity (Wildman–Crippen MR) is 108 cm³/mol. The fourth-order valence-corrected chi connectivity index (χ4v) is 4.57. The fraction of sp³-hybridized carbons (Fsp3) is 0.409. The Balaban J connectivity index is 1.68. The minimum Gasteiger partial charge on any atom is -0.453 e. The van der Waals surface area contributed by atoms with Gasteiger partial charge in [0.2, 0.25) is 0 Å². The molecule has 0 aliphatic carbocycles. The van der Waals surface area contributed by atoms with Crippen LogP contribution in [0.15, 0.2) is 41.4 Å². The number of alkyl halides is 2. The zero-order chi connectivity index (χ0) is 21.8. The van der Waals surface area contributed by atoms with Crippen molar-refractivity contribution in [1.82, 2.24) is 0 Å². The van der Waals surface area contributed by atoms with E-state index in [-0.39, 0.29) is 44.1 Å². The molecule has 0 bridgehead atoms. The summed E-state index contributed by atoms with van der Waals surface area (Å²) in [6.45, 7) is 0.517. The van der Waals surface area contributed by atoms with Gasteiger partial charge in [0.15, 0.2) is 23.4 Å². The standard InChI is InChI=1S/C22H22F3N3O3/c1-29-20-22(27-18(26)12-30-20)14-3-2-4-16(23)19(14)31-17-6-5-13(11-15(17)22)28-9-7-21(24,25)8-10-28/h2-6,11,20H,7-10,12H2,1H3,(H2,26,27)/t20-,22?/m0/s1. The Morgan fingerprint density at radius 3 is 2.68 bits per heavy atom. The molecule has 164 valence electrons. The molecule has 9 heteroatoms. The van der Waals surface area contributed by atoms with Gasteiger partial charge in [-0.25, -0.2) is 18.2 Å². The van der Waals surface area contributed by atoms with Gasteiger partial charge in [-0.15, -0.1) is 0 Å². The van der Waals surface area contributed by atoms with Gasteiger partial charge in [0.25, 0.3) is 5.92 Å². The molecular formula is C22H22F3N3O3. The first-order chi connectivity index (χ1) is 14.8. The molecule has 3 aliphatic heterocycles. The molecule has 1 fully saturated rings. The molecule has 1 saturated heterocycles. The van der Waals surface area contributed by atoms with E-state index in [1.165, 1.54) is 13.2 Å². The number of amidine groups is 1. The molecule has 1 spiro atoms. The number of nitrogens with zero attached hydrogens (tertiary/aromatic N) is 2. The van der Waals surface area contributed by atoms with Crippen molar-refractivity contribution < 1.29 is 27.4 Å². The summed E-state index contributed by atoms with van der Waals surface area (Å²) >= 11 is 0. The first-order valence-electron chi connectivity index (χ1n) is 10.1. The van der Waals surface area contributed by atoms with Gasteiger partial charge in [-0.1, -0.05) is 12.1 Å². The number of para-hydroxylation sites is 1. The third kappa shape index (κ3) is 3.14. The number of methoxy groups -OCH3 is 1. The lowest BCUT2D eigenvalue weighted by Crippen LogP contribution is -2.50. The van der Waals surface area contributed by atoms with Crippen LogP contribution in [0.25, 0.3) is 0 Å². The zero-order valence-corrected chi connectivity index (χ0v) is 16.9. The average molecular weight is 433 g/mol. The van der Waals surface area contributed by atoms with Crippen molar-refractivity contribution in [3.63, 3.8) is 0 Å². The first-order valence-corrected chi connectivity index (χ1v) is 10.1. The number of halogens is 3. The quantitative estimate of drug-likeness (QED) is 0.781. The second-order valence-electron chi connectivity index (χ2n) is 7.99. The van der Waals surface area contributed by atoms with Crippen LogP contribution in [0.4, 0.5) is 18.9 Å². The maximum Gasteiger partial charge on any atom is 0.251 e. The summed E-state index contributed by atoms with van der Waals surface area (Å²) < 4.78 is 59.4. The highest BCUT2D eigenvalue weighted by molar-refractivity contribution is 5.84. The van der Waals surface area contributed by atoms with Crippen LogP contribution in [0.2, 0.25) is 0 Å². The summed E-state index contributed by atoms with van der Waals surface area (Å²) in [5.74, 6) is -2.54. The summed E-state index contributed by atoms with van der Waals surface area (Å²) in [5, 5.41) is 0. The van der Waals surface area contributed by atoms with E-state index in [1.54, 1.807) is 24.3 Å². The molecule has 1 unspecified atom stereocenters. The highest BCUT2D eigenvalue weighted by Crippen LogP contribution is 2.54. The summed E-state index contributed by atoms with van der Waals surface area (Å²) in [6, 6.07) is 9.87. The third-order valence-electron chi connectivity index (χ3n) is 6.08. The van der Waals surface area contributed by atoms with Crippen LogP contribution >= 0.6 is 0 Å². The first kappa shape index (κ1) is 20.1. The van der Waals surface area contributed by atoms with E-state index in [0.717, 1.165) is 5.69 Å².